The lowest BCUT2D eigenvalue weighted by Crippen LogP contribution is -2.32. The molecule has 1 aromatic rings. The van der Waals surface area contributed by atoms with E-state index in [0.717, 1.165) is 30.9 Å². The molecule has 4 heteroatoms. The van der Waals surface area contributed by atoms with Gasteiger partial charge < -0.3 is 5.32 Å². The number of anilines is 1. The van der Waals surface area contributed by atoms with Crippen molar-refractivity contribution in [3.63, 3.8) is 0 Å². The van der Waals surface area contributed by atoms with E-state index in [2.05, 4.69) is 15.4 Å². The maximum atomic E-state index is 4.22. The van der Waals surface area contributed by atoms with Gasteiger partial charge in [-0.25, -0.2) is 4.68 Å². The van der Waals surface area contributed by atoms with Gasteiger partial charge in [0.15, 0.2) is 0 Å². The molecule has 76 valence electrons. The van der Waals surface area contributed by atoms with Crippen LogP contribution in [0, 0.1) is 11.8 Å². The van der Waals surface area contributed by atoms with E-state index in [1.807, 2.05) is 4.68 Å². The van der Waals surface area contributed by atoms with Gasteiger partial charge in [-0.15, -0.1) is 0 Å². The van der Waals surface area contributed by atoms with Crippen LogP contribution in [0.4, 0.5) is 5.95 Å². The molecule has 0 saturated heterocycles. The van der Waals surface area contributed by atoms with Gasteiger partial charge in [0.25, 0.3) is 0 Å². The molecule has 0 radical (unpaired) electrons. The Balaban J connectivity index is 1.74. The van der Waals surface area contributed by atoms with E-state index in [1.165, 1.54) is 25.7 Å². The largest absolute Gasteiger partial charge is 0.354 e. The molecule has 14 heavy (non-hydrogen) atoms. The monoisotopic (exact) mass is 192 g/mol. The first-order valence-electron chi connectivity index (χ1n) is 5.55. The second-order valence-corrected chi connectivity index (χ2v) is 4.45. The molecule has 1 atom stereocenters. The lowest BCUT2D eigenvalue weighted by atomic mass is 9.90. The summed E-state index contributed by atoms with van der Waals surface area (Å²) in [5, 5.41) is 7.58. The zero-order valence-electron chi connectivity index (χ0n) is 8.32. The van der Waals surface area contributed by atoms with Crippen molar-refractivity contribution in [1.82, 2.24) is 14.8 Å². The van der Waals surface area contributed by atoms with E-state index >= 15 is 0 Å². The normalized spacial score (nSPS) is 27.3. The van der Waals surface area contributed by atoms with Gasteiger partial charge in [-0.1, -0.05) is 25.7 Å². The van der Waals surface area contributed by atoms with Crippen molar-refractivity contribution < 1.29 is 0 Å². The van der Waals surface area contributed by atoms with Crippen LogP contribution < -0.4 is 5.32 Å². The third kappa shape index (κ3) is 1.29. The van der Waals surface area contributed by atoms with Crippen molar-refractivity contribution in [3.05, 3.63) is 6.33 Å². The molecule has 2 aliphatic rings. The first-order valence-corrected chi connectivity index (χ1v) is 5.55. The summed E-state index contributed by atoms with van der Waals surface area (Å²) in [6.45, 7) is 2.15. The minimum Gasteiger partial charge on any atom is -0.354 e. The minimum absolute atomic E-state index is 0.770. The standard InChI is InChI=1S/C10H16N4/c1-2-4-8(3-1)9-5-11-10-12-7-13-14(10)6-9/h7-9H,1-6H2,(H,11,12,13). The van der Waals surface area contributed by atoms with Gasteiger partial charge >= 0.3 is 0 Å². The molecular formula is C10H16N4. The van der Waals surface area contributed by atoms with Gasteiger partial charge in [0.05, 0.1) is 0 Å². The SMILES string of the molecule is c1nc2n(n1)CC(C1CCCC1)CN2. The van der Waals surface area contributed by atoms with Crippen LogP contribution in [0.1, 0.15) is 25.7 Å². The Labute approximate surface area is 83.7 Å². The van der Waals surface area contributed by atoms with Crippen molar-refractivity contribution in [2.45, 2.75) is 32.2 Å². The zero-order valence-corrected chi connectivity index (χ0v) is 8.32. The molecule has 0 aromatic carbocycles. The third-order valence-electron chi connectivity index (χ3n) is 3.61. The molecule has 2 heterocycles. The summed E-state index contributed by atoms with van der Waals surface area (Å²) in [5.74, 6) is 2.63. The van der Waals surface area contributed by atoms with Crippen molar-refractivity contribution in [2.75, 3.05) is 11.9 Å². The molecule has 1 aliphatic heterocycles. The van der Waals surface area contributed by atoms with Crippen LogP contribution in [-0.2, 0) is 6.54 Å². The smallest absolute Gasteiger partial charge is 0.221 e. The molecule has 1 aromatic heterocycles. The Kier molecular flexibility index (Phi) is 1.92. The Morgan fingerprint density at radius 1 is 1.29 bits per heavy atom. The van der Waals surface area contributed by atoms with Crippen molar-refractivity contribution in [1.29, 1.82) is 0 Å². The third-order valence-corrected chi connectivity index (χ3v) is 3.61. The highest BCUT2D eigenvalue weighted by atomic mass is 15.4. The van der Waals surface area contributed by atoms with Crippen molar-refractivity contribution in [2.24, 2.45) is 11.8 Å². The summed E-state index contributed by atoms with van der Waals surface area (Å²) in [7, 11) is 0. The molecular weight excluding hydrogens is 176 g/mol. The number of nitrogens with one attached hydrogen (secondary N) is 1. The molecule has 1 saturated carbocycles. The van der Waals surface area contributed by atoms with Gasteiger partial charge in [-0.3, -0.25) is 0 Å². The maximum Gasteiger partial charge on any atom is 0.221 e. The van der Waals surface area contributed by atoms with Crippen molar-refractivity contribution >= 4 is 5.95 Å². The lowest BCUT2D eigenvalue weighted by molar-refractivity contribution is 0.289. The highest BCUT2D eigenvalue weighted by molar-refractivity contribution is 5.25. The number of hydrogen-bond acceptors (Lipinski definition) is 3. The fraction of sp³-hybridized carbons (Fsp3) is 0.800. The highest BCUT2D eigenvalue weighted by Gasteiger charge is 2.28. The van der Waals surface area contributed by atoms with E-state index in [-0.39, 0.29) is 0 Å². The minimum atomic E-state index is 0.770. The topological polar surface area (TPSA) is 42.7 Å². The van der Waals surface area contributed by atoms with Crippen LogP contribution in [0.5, 0.6) is 0 Å². The molecule has 3 rings (SSSR count). The molecule has 0 amide bonds. The first-order chi connectivity index (χ1) is 6.93. The molecule has 0 bridgehead atoms. The summed E-state index contributed by atoms with van der Waals surface area (Å²) < 4.78 is 2.01. The van der Waals surface area contributed by atoms with E-state index < -0.39 is 0 Å². The van der Waals surface area contributed by atoms with Gasteiger partial charge in [-0.2, -0.15) is 10.1 Å². The van der Waals surface area contributed by atoms with Gasteiger partial charge in [0.1, 0.15) is 6.33 Å². The molecule has 1 fully saturated rings. The number of rotatable bonds is 1. The van der Waals surface area contributed by atoms with Crippen LogP contribution in [0.25, 0.3) is 0 Å². The summed E-state index contributed by atoms with van der Waals surface area (Å²) >= 11 is 0. The van der Waals surface area contributed by atoms with Crippen LogP contribution in [0.3, 0.4) is 0 Å². The summed E-state index contributed by atoms with van der Waals surface area (Å²) in [5.41, 5.74) is 0. The number of aromatic nitrogens is 3. The Morgan fingerprint density at radius 3 is 3.00 bits per heavy atom. The highest BCUT2D eigenvalue weighted by Crippen LogP contribution is 2.33. The van der Waals surface area contributed by atoms with Crippen LogP contribution in [0.15, 0.2) is 6.33 Å². The lowest BCUT2D eigenvalue weighted by Gasteiger charge is -2.28. The summed E-state index contributed by atoms with van der Waals surface area (Å²) in [6, 6.07) is 0. The van der Waals surface area contributed by atoms with Crippen LogP contribution in [0.2, 0.25) is 0 Å². The fourth-order valence-corrected chi connectivity index (χ4v) is 2.79. The molecule has 1 unspecified atom stereocenters. The second kappa shape index (κ2) is 3.26. The quantitative estimate of drug-likeness (QED) is 0.733. The average molecular weight is 192 g/mol. The second-order valence-electron chi connectivity index (χ2n) is 4.45. The van der Waals surface area contributed by atoms with Gasteiger partial charge in [0, 0.05) is 13.1 Å². The Bertz CT molecular complexity index is 314. The van der Waals surface area contributed by atoms with E-state index in [0.29, 0.717) is 0 Å². The summed E-state index contributed by atoms with van der Waals surface area (Å²) in [4.78, 5) is 4.16. The molecule has 1 N–H and O–H groups in total. The van der Waals surface area contributed by atoms with Crippen LogP contribution in [-0.4, -0.2) is 21.3 Å². The van der Waals surface area contributed by atoms with Gasteiger partial charge in [0.2, 0.25) is 5.95 Å². The predicted molar refractivity (Wildman–Crippen MR) is 54.0 cm³/mol. The van der Waals surface area contributed by atoms with Gasteiger partial charge in [-0.05, 0) is 11.8 Å². The van der Waals surface area contributed by atoms with E-state index in [9.17, 15) is 0 Å². The number of fused-ring (bicyclic) bond motifs is 1. The Hall–Kier alpha value is -1.06. The molecule has 4 nitrogen and oxygen atoms in total. The predicted octanol–water partition coefficient (Wildman–Crippen LogP) is 1.51. The number of hydrogen-bond donors (Lipinski definition) is 1. The van der Waals surface area contributed by atoms with Crippen molar-refractivity contribution in [3.8, 4) is 0 Å². The summed E-state index contributed by atoms with van der Waals surface area (Å²) in [6.07, 6.45) is 7.31. The molecule has 0 spiro atoms. The maximum absolute atomic E-state index is 4.22. The average Bonchev–Trinajstić information content (AvgIpc) is 2.88. The van der Waals surface area contributed by atoms with Crippen LogP contribution >= 0.6 is 0 Å². The zero-order chi connectivity index (χ0) is 9.38. The van der Waals surface area contributed by atoms with E-state index in [1.54, 1.807) is 6.33 Å². The number of nitrogens with zero attached hydrogens (tertiary/aromatic N) is 3. The Morgan fingerprint density at radius 2 is 2.14 bits per heavy atom. The molecule has 1 aliphatic carbocycles. The fourth-order valence-electron chi connectivity index (χ4n) is 2.79. The van der Waals surface area contributed by atoms with E-state index in [4.69, 9.17) is 0 Å². The first kappa shape index (κ1) is 8.26.